The van der Waals surface area contributed by atoms with Gasteiger partial charge in [0.15, 0.2) is 17.1 Å². The van der Waals surface area contributed by atoms with Crippen LogP contribution in [0.4, 0.5) is 15.9 Å². The summed E-state index contributed by atoms with van der Waals surface area (Å²) in [6.07, 6.45) is 10.0. The smallest absolute Gasteiger partial charge is 0.195 e. The van der Waals surface area contributed by atoms with E-state index >= 15 is 4.39 Å². The average molecular weight is 597 g/mol. The predicted octanol–water partition coefficient (Wildman–Crippen LogP) is 4.36. The fourth-order valence-electron chi connectivity index (χ4n) is 6.74. The third-order valence-corrected chi connectivity index (χ3v) is 9.26. The third-order valence-electron chi connectivity index (χ3n) is 9.26. The Morgan fingerprint density at radius 2 is 1.82 bits per heavy atom. The van der Waals surface area contributed by atoms with Gasteiger partial charge in [-0.05, 0) is 75.4 Å². The number of fused-ring (bicyclic) bond motifs is 1. The van der Waals surface area contributed by atoms with E-state index in [-0.39, 0.29) is 11.5 Å². The van der Waals surface area contributed by atoms with Crippen LogP contribution in [0, 0.1) is 19.7 Å². The Morgan fingerprint density at radius 1 is 0.977 bits per heavy atom. The number of hydrogen-bond donors (Lipinski definition) is 1. The number of nitrogens with one attached hydrogen (secondary N) is 1. The molecular formula is C34H41FN8O. The first-order valence-electron chi connectivity index (χ1n) is 16.0. The van der Waals surface area contributed by atoms with Crippen LogP contribution >= 0.6 is 0 Å². The van der Waals surface area contributed by atoms with Crippen LogP contribution in [0.15, 0.2) is 53.7 Å². The summed E-state index contributed by atoms with van der Waals surface area (Å²) in [6, 6.07) is 10.4. The fourth-order valence-corrected chi connectivity index (χ4v) is 6.74. The van der Waals surface area contributed by atoms with Gasteiger partial charge < -0.3 is 19.7 Å². The van der Waals surface area contributed by atoms with Crippen molar-refractivity contribution < 1.29 is 4.39 Å². The highest BCUT2D eigenvalue weighted by Gasteiger charge is 2.30. The SMILES string of the molecule is Cc1ccc(N2CCC[C@H](N(Cc3ccnc(C)c3)Cc3cn(C4CC4)c4nc(N5CCNCC5)c(F)cc4c3=O)C2)cn1. The number of pyridine rings is 4. The highest BCUT2D eigenvalue weighted by Crippen LogP contribution is 2.37. The fraction of sp³-hybridized carbons (Fsp3) is 0.471. The third kappa shape index (κ3) is 6.05. The minimum atomic E-state index is -0.422. The average Bonchev–Trinajstić information content (AvgIpc) is 3.88. The van der Waals surface area contributed by atoms with Crippen molar-refractivity contribution >= 4 is 22.5 Å². The van der Waals surface area contributed by atoms with Crippen molar-refractivity contribution in [2.45, 2.75) is 64.7 Å². The molecule has 44 heavy (non-hydrogen) atoms. The number of aryl methyl sites for hydroxylation is 2. The molecule has 0 radical (unpaired) electrons. The second kappa shape index (κ2) is 12.2. The van der Waals surface area contributed by atoms with E-state index in [0.29, 0.717) is 54.6 Å². The van der Waals surface area contributed by atoms with Crippen LogP contribution in [-0.4, -0.2) is 69.7 Å². The lowest BCUT2D eigenvalue weighted by Gasteiger charge is -2.40. The Labute approximate surface area is 257 Å². The van der Waals surface area contributed by atoms with Gasteiger partial charge >= 0.3 is 0 Å². The van der Waals surface area contributed by atoms with Crippen molar-refractivity contribution in [1.82, 2.24) is 29.7 Å². The standard InChI is InChI=1S/C34H41FN8O/c1-23-5-6-28(18-38-23)41-13-3-4-29(22-41)42(19-25-9-10-37-24(2)16-25)20-26-21-43(27-7-8-27)33-30(32(26)44)17-31(35)34(39-33)40-14-11-36-12-15-40/h5-6,9-10,16-18,21,27,29,36H,3-4,7-8,11-15,19-20,22H2,1-2H3/t29-/m0/s1. The zero-order valence-corrected chi connectivity index (χ0v) is 25.7. The summed E-state index contributed by atoms with van der Waals surface area (Å²) in [7, 11) is 0. The molecule has 2 saturated heterocycles. The van der Waals surface area contributed by atoms with Crippen molar-refractivity contribution in [3.63, 3.8) is 0 Å². The minimum Gasteiger partial charge on any atom is -0.369 e. The molecule has 230 valence electrons. The van der Waals surface area contributed by atoms with Crippen LogP contribution in [0.5, 0.6) is 0 Å². The van der Waals surface area contributed by atoms with E-state index in [4.69, 9.17) is 4.98 Å². The first-order valence-corrected chi connectivity index (χ1v) is 16.0. The normalized spacial score (nSPS) is 19.2. The number of anilines is 2. The van der Waals surface area contributed by atoms with E-state index in [9.17, 15) is 4.79 Å². The van der Waals surface area contributed by atoms with Crippen LogP contribution in [0.25, 0.3) is 11.0 Å². The summed E-state index contributed by atoms with van der Waals surface area (Å²) >= 11 is 0. The van der Waals surface area contributed by atoms with Gasteiger partial charge in [-0.15, -0.1) is 0 Å². The van der Waals surface area contributed by atoms with Crippen LogP contribution < -0.4 is 20.5 Å². The molecule has 1 N–H and O–H groups in total. The van der Waals surface area contributed by atoms with Crippen LogP contribution in [-0.2, 0) is 13.1 Å². The largest absolute Gasteiger partial charge is 0.369 e. The zero-order chi connectivity index (χ0) is 30.2. The number of aromatic nitrogens is 4. The topological polar surface area (TPSA) is 82.4 Å². The lowest BCUT2D eigenvalue weighted by Crippen LogP contribution is -2.48. The van der Waals surface area contributed by atoms with E-state index in [1.165, 1.54) is 11.6 Å². The quantitative estimate of drug-likeness (QED) is 0.322. The van der Waals surface area contributed by atoms with Gasteiger partial charge in [0, 0.05) is 93.8 Å². The van der Waals surface area contributed by atoms with Gasteiger partial charge in [0.05, 0.1) is 17.3 Å². The Kier molecular flexibility index (Phi) is 8.03. The van der Waals surface area contributed by atoms with Crippen molar-refractivity contribution in [3.8, 4) is 0 Å². The number of halogens is 1. The van der Waals surface area contributed by atoms with Gasteiger partial charge in [-0.2, -0.15) is 0 Å². The highest BCUT2D eigenvalue weighted by molar-refractivity contribution is 5.78. The number of rotatable bonds is 8. The molecule has 1 atom stereocenters. The first-order chi connectivity index (χ1) is 21.4. The summed E-state index contributed by atoms with van der Waals surface area (Å²) < 4.78 is 17.7. The van der Waals surface area contributed by atoms with Crippen molar-refractivity contribution in [2.24, 2.45) is 0 Å². The van der Waals surface area contributed by atoms with Crippen LogP contribution in [0.2, 0.25) is 0 Å². The molecule has 1 saturated carbocycles. The Hall–Kier alpha value is -3.89. The maximum absolute atomic E-state index is 15.6. The molecule has 7 rings (SSSR count). The summed E-state index contributed by atoms with van der Waals surface area (Å²) in [4.78, 5) is 34.7. The van der Waals surface area contributed by atoms with Crippen LogP contribution in [0.1, 0.15) is 54.2 Å². The van der Waals surface area contributed by atoms with E-state index < -0.39 is 5.82 Å². The lowest BCUT2D eigenvalue weighted by atomic mass is 10.0. The molecule has 0 amide bonds. The number of piperazine rings is 1. The molecule has 0 unspecified atom stereocenters. The van der Waals surface area contributed by atoms with Crippen molar-refractivity contribution in [3.05, 3.63) is 87.5 Å². The molecule has 2 aliphatic heterocycles. The predicted molar refractivity (Wildman–Crippen MR) is 172 cm³/mol. The summed E-state index contributed by atoms with van der Waals surface area (Å²) in [6.45, 7) is 10.00. The number of piperidine rings is 1. The zero-order valence-electron chi connectivity index (χ0n) is 25.7. The molecule has 4 aromatic heterocycles. The van der Waals surface area contributed by atoms with Crippen molar-refractivity contribution in [1.29, 1.82) is 0 Å². The molecule has 0 aromatic carbocycles. The minimum absolute atomic E-state index is 0.124. The monoisotopic (exact) mass is 596 g/mol. The molecule has 0 bridgehead atoms. The van der Waals surface area contributed by atoms with E-state index in [1.54, 1.807) is 0 Å². The van der Waals surface area contributed by atoms with Gasteiger partial charge in [-0.1, -0.05) is 0 Å². The Bertz CT molecular complexity index is 1700. The molecule has 6 heterocycles. The van der Waals surface area contributed by atoms with Crippen molar-refractivity contribution in [2.75, 3.05) is 49.1 Å². The van der Waals surface area contributed by atoms with E-state index in [2.05, 4.69) is 53.9 Å². The molecular weight excluding hydrogens is 555 g/mol. The second-order valence-corrected chi connectivity index (χ2v) is 12.6. The Morgan fingerprint density at radius 3 is 2.57 bits per heavy atom. The first kappa shape index (κ1) is 28.9. The number of hydrogen-bond acceptors (Lipinski definition) is 8. The van der Waals surface area contributed by atoms with Gasteiger partial charge in [0.25, 0.3) is 0 Å². The molecule has 9 nitrogen and oxygen atoms in total. The van der Waals surface area contributed by atoms with E-state index in [1.807, 2.05) is 37.3 Å². The van der Waals surface area contributed by atoms with Crippen LogP contribution in [0.3, 0.4) is 0 Å². The van der Waals surface area contributed by atoms with Gasteiger partial charge in [0.2, 0.25) is 0 Å². The maximum Gasteiger partial charge on any atom is 0.195 e. The lowest BCUT2D eigenvalue weighted by molar-refractivity contribution is 0.158. The molecule has 4 aromatic rings. The van der Waals surface area contributed by atoms with E-state index in [0.717, 1.165) is 68.9 Å². The summed E-state index contributed by atoms with van der Waals surface area (Å²) in [5.41, 5.74) is 5.45. The van der Waals surface area contributed by atoms with Gasteiger partial charge in [0.1, 0.15) is 5.65 Å². The highest BCUT2D eigenvalue weighted by atomic mass is 19.1. The van der Waals surface area contributed by atoms with Gasteiger partial charge in [-0.3, -0.25) is 19.7 Å². The molecule has 3 fully saturated rings. The molecule has 10 heteroatoms. The molecule has 3 aliphatic rings. The second-order valence-electron chi connectivity index (χ2n) is 12.6. The molecule has 1 aliphatic carbocycles. The Balaban J connectivity index is 1.25. The maximum atomic E-state index is 15.6. The van der Waals surface area contributed by atoms with Gasteiger partial charge in [-0.25, -0.2) is 9.37 Å². The summed E-state index contributed by atoms with van der Waals surface area (Å²) in [5.74, 6) is -0.0714. The molecule has 0 spiro atoms. The summed E-state index contributed by atoms with van der Waals surface area (Å²) in [5, 5.41) is 3.69. The number of nitrogens with zero attached hydrogens (tertiary/aromatic N) is 7.